The Balaban J connectivity index is 2.21. The van der Waals surface area contributed by atoms with Crippen molar-refractivity contribution in [3.63, 3.8) is 0 Å². The number of ether oxygens (including phenoxy) is 2. The third-order valence-corrected chi connectivity index (χ3v) is 3.70. The maximum Gasteiger partial charge on any atom is 0.146 e. The molecule has 0 fully saturated rings. The van der Waals surface area contributed by atoms with E-state index in [4.69, 9.17) is 26.8 Å². The predicted molar refractivity (Wildman–Crippen MR) is 85.0 cm³/mol. The first kappa shape index (κ1) is 15.2. The molecule has 0 aromatic heterocycles. The Morgan fingerprint density at radius 3 is 2.50 bits per heavy atom. The van der Waals surface area contributed by atoms with E-state index in [1.54, 1.807) is 7.11 Å². The van der Waals surface area contributed by atoms with Crippen LogP contribution in [0.5, 0.6) is 17.2 Å². The fraction of sp³-hybridized carbons (Fsp3) is 0.200. The van der Waals surface area contributed by atoms with Crippen molar-refractivity contribution >= 4 is 27.5 Å². The number of hydrogen-bond acceptors (Lipinski definition) is 3. The van der Waals surface area contributed by atoms with E-state index in [1.807, 2.05) is 36.4 Å². The van der Waals surface area contributed by atoms with Gasteiger partial charge in [-0.25, -0.2) is 0 Å². The van der Waals surface area contributed by atoms with E-state index in [1.165, 1.54) is 0 Å². The van der Waals surface area contributed by atoms with Gasteiger partial charge in [0.05, 0.1) is 16.6 Å². The maximum atomic E-state index is 6.22. The second kappa shape index (κ2) is 6.97. The first-order valence-corrected chi connectivity index (χ1v) is 7.31. The van der Waals surface area contributed by atoms with E-state index in [2.05, 4.69) is 15.9 Å². The molecule has 0 unspecified atom stereocenters. The van der Waals surface area contributed by atoms with Crippen LogP contribution in [-0.2, 0) is 6.42 Å². The van der Waals surface area contributed by atoms with Crippen LogP contribution >= 0.6 is 27.5 Å². The minimum absolute atomic E-state index is 0.568. The number of methoxy groups -OCH3 is 1. The van der Waals surface area contributed by atoms with Gasteiger partial charge in [0, 0.05) is 0 Å². The molecule has 0 heterocycles. The first-order valence-electron chi connectivity index (χ1n) is 6.14. The molecule has 2 aromatic carbocycles. The first-order chi connectivity index (χ1) is 9.63. The molecule has 0 atom stereocenters. The van der Waals surface area contributed by atoms with Crippen molar-refractivity contribution in [1.82, 2.24) is 0 Å². The van der Waals surface area contributed by atoms with Crippen LogP contribution in [0.1, 0.15) is 5.56 Å². The number of nitrogens with two attached hydrogens (primary N) is 1. The summed E-state index contributed by atoms with van der Waals surface area (Å²) < 4.78 is 11.8. The molecule has 2 rings (SSSR count). The van der Waals surface area contributed by atoms with Gasteiger partial charge >= 0.3 is 0 Å². The van der Waals surface area contributed by atoms with Crippen molar-refractivity contribution in [2.24, 2.45) is 5.73 Å². The highest BCUT2D eigenvalue weighted by Gasteiger charge is 2.08. The van der Waals surface area contributed by atoms with Crippen LogP contribution in [0.15, 0.2) is 40.9 Å². The Bertz CT molecular complexity index is 604. The molecule has 5 heteroatoms. The summed E-state index contributed by atoms with van der Waals surface area (Å²) >= 11 is 9.66. The quantitative estimate of drug-likeness (QED) is 0.863. The molecular weight excluding hydrogens is 342 g/mol. The van der Waals surface area contributed by atoms with Crippen LogP contribution < -0.4 is 15.2 Å². The summed E-state index contributed by atoms with van der Waals surface area (Å²) in [7, 11) is 1.62. The molecule has 3 nitrogen and oxygen atoms in total. The molecule has 0 aliphatic carbocycles. The number of benzene rings is 2. The lowest BCUT2D eigenvalue weighted by molar-refractivity contribution is 0.412. The lowest BCUT2D eigenvalue weighted by atomic mass is 10.1. The fourth-order valence-electron chi connectivity index (χ4n) is 1.76. The summed E-state index contributed by atoms with van der Waals surface area (Å²) in [4.78, 5) is 0. The molecule has 2 N–H and O–H groups in total. The van der Waals surface area contributed by atoms with Crippen LogP contribution in [0.25, 0.3) is 0 Å². The van der Waals surface area contributed by atoms with Crippen molar-refractivity contribution < 1.29 is 9.47 Å². The summed E-state index contributed by atoms with van der Waals surface area (Å²) in [6.45, 7) is 0.598. The second-order valence-electron chi connectivity index (χ2n) is 4.20. The highest BCUT2D eigenvalue weighted by Crippen LogP contribution is 2.35. The molecule has 0 saturated heterocycles. The second-order valence-corrected chi connectivity index (χ2v) is 5.46. The van der Waals surface area contributed by atoms with Crippen LogP contribution in [0.3, 0.4) is 0 Å². The van der Waals surface area contributed by atoms with Gasteiger partial charge in [0.25, 0.3) is 0 Å². The topological polar surface area (TPSA) is 44.5 Å². The molecular formula is C15H15BrClNO2. The number of hydrogen-bond donors (Lipinski definition) is 1. The van der Waals surface area contributed by atoms with E-state index in [0.29, 0.717) is 23.1 Å². The van der Waals surface area contributed by atoms with Gasteiger partial charge < -0.3 is 15.2 Å². The van der Waals surface area contributed by atoms with Gasteiger partial charge in [0.15, 0.2) is 0 Å². The van der Waals surface area contributed by atoms with Gasteiger partial charge in [-0.1, -0.05) is 17.7 Å². The van der Waals surface area contributed by atoms with Crippen molar-refractivity contribution in [1.29, 1.82) is 0 Å². The normalized spacial score (nSPS) is 10.4. The van der Waals surface area contributed by atoms with E-state index >= 15 is 0 Å². The molecule has 0 bridgehead atoms. The van der Waals surface area contributed by atoms with Gasteiger partial charge in [0.2, 0.25) is 0 Å². The molecule has 0 radical (unpaired) electrons. The van der Waals surface area contributed by atoms with Crippen LogP contribution in [0.2, 0.25) is 5.02 Å². The van der Waals surface area contributed by atoms with Crippen molar-refractivity contribution in [2.75, 3.05) is 13.7 Å². The Hall–Kier alpha value is -1.23. The lowest BCUT2D eigenvalue weighted by Gasteiger charge is -2.11. The smallest absolute Gasteiger partial charge is 0.146 e. The van der Waals surface area contributed by atoms with Crippen molar-refractivity contribution in [3.8, 4) is 17.2 Å². The standard InChI is InChI=1S/C15H15BrClNO2/c1-19-11-3-5-14(12(16)9-11)20-15-4-2-10(6-7-18)8-13(15)17/h2-5,8-9H,6-7,18H2,1H3. The summed E-state index contributed by atoms with van der Waals surface area (Å²) in [6.07, 6.45) is 0.798. The summed E-state index contributed by atoms with van der Waals surface area (Å²) in [5.74, 6) is 2.05. The molecule has 0 aliphatic rings. The lowest BCUT2D eigenvalue weighted by Crippen LogP contribution is -2.02. The van der Waals surface area contributed by atoms with E-state index in [0.717, 1.165) is 22.2 Å². The zero-order valence-corrected chi connectivity index (χ0v) is 13.4. The molecule has 0 saturated carbocycles. The van der Waals surface area contributed by atoms with Gasteiger partial charge in [-0.05, 0) is 64.8 Å². The van der Waals surface area contributed by atoms with Gasteiger partial charge in [0.1, 0.15) is 17.2 Å². The Kier molecular flexibility index (Phi) is 5.29. The molecule has 106 valence electrons. The van der Waals surface area contributed by atoms with E-state index in [-0.39, 0.29) is 0 Å². The third-order valence-electron chi connectivity index (χ3n) is 2.79. The average molecular weight is 357 g/mol. The van der Waals surface area contributed by atoms with E-state index in [9.17, 15) is 0 Å². The highest BCUT2D eigenvalue weighted by molar-refractivity contribution is 9.10. The Morgan fingerprint density at radius 1 is 1.15 bits per heavy atom. The van der Waals surface area contributed by atoms with Gasteiger partial charge in [-0.3, -0.25) is 0 Å². The largest absolute Gasteiger partial charge is 0.497 e. The molecule has 0 amide bonds. The minimum Gasteiger partial charge on any atom is -0.497 e. The minimum atomic E-state index is 0.568. The highest BCUT2D eigenvalue weighted by atomic mass is 79.9. The summed E-state index contributed by atoms with van der Waals surface area (Å²) in [6, 6.07) is 11.2. The average Bonchev–Trinajstić information content (AvgIpc) is 2.44. The van der Waals surface area contributed by atoms with Gasteiger partial charge in [-0.2, -0.15) is 0 Å². The molecule has 0 spiro atoms. The van der Waals surface area contributed by atoms with Crippen molar-refractivity contribution in [2.45, 2.75) is 6.42 Å². The zero-order valence-electron chi connectivity index (χ0n) is 11.0. The number of rotatable bonds is 5. The summed E-state index contributed by atoms with van der Waals surface area (Å²) in [5, 5.41) is 0.568. The SMILES string of the molecule is COc1ccc(Oc2ccc(CCN)cc2Cl)c(Br)c1. The maximum absolute atomic E-state index is 6.22. The van der Waals surface area contributed by atoms with E-state index < -0.39 is 0 Å². The zero-order chi connectivity index (χ0) is 14.5. The van der Waals surface area contributed by atoms with Crippen molar-refractivity contribution in [3.05, 3.63) is 51.5 Å². The summed E-state index contributed by atoms with van der Waals surface area (Å²) in [5.41, 5.74) is 6.62. The number of halogens is 2. The molecule has 2 aromatic rings. The third kappa shape index (κ3) is 3.66. The fourth-order valence-corrected chi connectivity index (χ4v) is 2.44. The molecule has 20 heavy (non-hydrogen) atoms. The monoisotopic (exact) mass is 355 g/mol. The Morgan fingerprint density at radius 2 is 1.90 bits per heavy atom. The predicted octanol–water partition coefficient (Wildman–Crippen LogP) is 4.40. The van der Waals surface area contributed by atoms with Crippen LogP contribution in [0.4, 0.5) is 0 Å². The Labute approximate surface area is 131 Å². The van der Waals surface area contributed by atoms with Gasteiger partial charge in [-0.15, -0.1) is 0 Å². The van der Waals surface area contributed by atoms with Crippen LogP contribution in [-0.4, -0.2) is 13.7 Å². The molecule has 0 aliphatic heterocycles. The van der Waals surface area contributed by atoms with Crippen LogP contribution in [0, 0.1) is 0 Å².